The van der Waals surface area contributed by atoms with Crippen LogP contribution in [0, 0.1) is 11.6 Å². The molecule has 4 aromatic rings. The first kappa shape index (κ1) is 36.3. The molecule has 274 valence electrons. The van der Waals surface area contributed by atoms with Crippen molar-refractivity contribution in [2.45, 2.75) is 38.1 Å². The average molecular weight is 707 g/mol. The molecule has 2 aliphatic rings. The molecule has 0 bridgehead atoms. The smallest absolute Gasteiger partial charge is 0.254 e. The first-order chi connectivity index (χ1) is 24.8. The summed E-state index contributed by atoms with van der Waals surface area (Å²) in [6.07, 6.45) is 2.14. The topological polar surface area (TPSA) is 93.6 Å². The summed E-state index contributed by atoms with van der Waals surface area (Å²) in [5.41, 5.74) is 6.09. The fourth-order valence-corrected chi connectivity index (χ4v) is 7.39. The Kier molecular flexibility index (Phi) is 11.6. The standard InChI is InChI=1S/C38H48F2N6O5/c1-5-51-22-21-46-32-10-7-6-9-31(32)41-37(46)42-45-19-17-43(18-20-45)16-14-38(28-11-12-29(39)30(40)25-28)13-8-15-44(26-38)36(47)27-23-33(48-2)35(50-4)34(24-27)49-3/h6-7,9-12,23-25H,5,8,13-22,26H2,1-4H3,(H,41,42). The highest BCUT2D eigenvalue weighted by molar-refractivity contribution is 5.96. The molecular formula is C38H48F2N6O5. The molecule has 3 aromatic carbocycles. The van der Waals surface area contributed by atoms with Gasteiger partial charge in [0.2, 0.25) is 11.7 Å². The van der Waals surface area contributed by atoms with Crippen LogP contribution < -0.4 is 19.6 Å². The normalized spacial score (nSPS) is 18.6. The van der Waals surface area contributed by atoms with Gasteiger partial charge in [0.1, 0.15) is 0 Å². The number of rotatable bonds is 14. The van der Waals surface area contributed by atoms with Crippen LogP contribution in [-0.2, 0) is 16.7 Å². The molecule has 51 heavy (non-hydrogen) atoms. The van der Waals surface area contributed by atoms with Crippen LogP contribution >= 0.6 is 0 Å². The number of para-hydroxylation sites is 2. The molecule has 0 radical (unpaired) electrons. The van der Waals surface area contributed by atoms with Gasteiger partial charge in [0, 0.05) is 63.4 Å². The van der Waals surface area contributed by atoms with Gasteiger partial charge in [-0.15, -0.1) is 0 Å². The van der Waals surface area contributed by atoms with Crippen LogP contribution in [0.4, 0.5) is 14.7 Å². The van der Waals surface area contributed by atoms with Crippen molar-refractivity contribution in [1.82, 2.24) is 24.4 Å². The predicted octanol–water partition coefficient (Wildman–Crippen LogP) is 5.59. The SMILES string of the molecule is CCOCCn1c(NN2CCN(CCC3(c4ccc(F)c(F)c4)CCCN(C(=O)c4cc(OC)c(OC)c(OC)c4)C3)CC2)nc2ccccc21. The zero-order valence-corrected chi connectivity index (χ0v) is 29.9. The van der Waals surface area contributed by atoms with E-state index in [-0.39, 0.29) is 5.91 Å². The molecule has 1 amide bonds. The number of nitrogens with zero attached hydrogens (tertiary/aromatic N) is 5. The molecule has 1 unspecified atom stereocenters. The van der Waals surface area contributed by atoms with Crippen LogP contribution in [0.5, 0.6) is 17.2 Å². The summed E-state index contributed by atoms with van der Waals surface area (Å²) < 4.78 is 53.1. The Morgan fingerprint density at radius 3 is 2.33 bits per heavy atom. The predicted molar refractivity (Wildman–Crippen MR) is 192 cm³/mol. The lowest BCUT2D eigenvalue weighted by Crippen LogP contribution is -2.52. The van der Waals surface area contributed by atoms with E-state index in [1.54, 1.807) is 18.2 Å². The number of benzene rings is 3. The van der Waals surface area contributed by atoms with Gasteiger partial charge in [-0.05, 0) is 74.7 Å². The Morgan fingerprint density at radius 2 is 1.65 bits per heavy atom. The number of piperazine rings is 1. The lowest BCUT2D eigenvalue weighted by atomic mass is 9.71. The van der Waals surface area contributed by atoms with E-state index in [0.29, 0.717) is 67.6 Å². The summed E-state index contributed by atoms with van der Waals surface area (Å²) in [4.78, 5) is 23.1. The second-order valence-corrected chi connectivity index (χ2v) is 13.1. The highest BCUT2D eigenvalue weighted by Crippen LogP contribution is 2.41. The maximum atomic E-state index is 14.7. The van der Waals surface area contributed by atoms with E-state index < -0.39 is 17.0 Å². The number of hydrogen-bond donors (Lipinski definition) is 1. The molecule has 2 fully saturated rings. The second-order valence-electron chi connectivity index (χ2n) is 13.1. The number of ether oxygens (including phenoxy) is 4. The van der Waals surface area contributed by atoms with Crippen LogP contribution in [0.15, 0.2) is 54.6 Å². The van der Waals surface area contributed by atoms with Gasteiger partial charge in [0.25, 0.3) is 5.91 Å². The molecule has 11 nitrogen and oxygen atoms in total. The molecule has 13 heteroatoms. The second kappa shape index (κ2) is 16.3. The lowest BCUT2D eigenvalue weighted by Gasteiger charge is -2.45. The fraction of sp³-hybridized carbons (Fsp3) is 0.474. The number of methoxy groups -OCH3 is 3. The number of anilines is 1. The molecule has 1 atom stereocenters. The number of nitrogens with one attached hydrogen (secondary N) is 1. The van der Waals surface area contributed by atoms with E-state index >= 15 is 0 Å². The van der Waals surface area contributed by atoms with Gasteiger partial charge in [0.05, 0.1) is 39.0 Å². The highest BCUT2D eigenvalue weighted by atomic mass is 19.2. The maximum absolute atomic E-state index is 14.7. The number of carbonyl (C=O) groups is 1. The Hall–Kier alpha value is -4.46. The summed E-state index contributed by atoms with van der Waals surface area (Å²) >= 11 is 0. The van der Waals surface area contributed by atoms with Gasteiger partial charge < -0.3 is 33.3 Å². The summed E-state index contributed by atoms with van der Waals surface area (Å²) in [5, 5.41) is 2.19. The van der Waals surface area contributed by atoms with Crippen LogP contribution in [-0.4, -0.2) is 111 Å². The molecule has 6 rings (SSSR count). The molecular weight excluding hydrogens is 658 g/mol. The minimum atomic E-state index is -0.884. The Bertz CT molecular complexity index is 1790. The number of halogens is 2. The van der Waals surface area contributed by atoms with Crippen LogP contribution in [0.25, 0.3) is 11.0 Å². The van der Waals surface area contributed by atoms with Crippen LogP contribution in [0.1, 0.15) is 42.1 Å². The first-order valence-electron chi connectivity index (χ1n) is 17.6. The van der Waals surface area contributed by atoms with Crippen molar-refractivity contribution in [3.8, 4) is 17.2 Å². The zero-order valence-electron chi connectivity index (χ0n) is 29.9. The summed E-state index contributed by atoms with van der Waals surface area (Å²) in [7, 11) is 4.54. The molecule has 1 aromatic heterocycles. The van der Waals surface area contributed by atoms with Crippen LogP contribution in [0.3, 0.4) is 0 Å². The Balaban J connectivity index is 1.16. The highest BCUT2D eigenvalue weighted by Gasteiger charge is 2.40. The molecule has 1 N–H and O–H groups in total. The summed E-state index contributed by atoms with van der Waals surface area (Å²) in [6.45, 7) is 8.79. The van der Waals surface area contributed by atoms with E-state index in [0.717, 1.165) is 62.5 Å². The van der Waals surface area contributed by atoms with Crippen molar-refractivity contribution in [2.24, 2.45) is 0 Å². The molecule has 0 saturated carbocycles. The lowest BCUT2D eigenvalue weighted by molar-refractivity contribution is 0.0598. The largest absolute Gasteiger partial charge is 0.493 e. The fourth-order valence-electron chi connectivity index (χ4n) is 7.39. The van der Waals surface area contributed by atoms with Crippen LogP contribution in [0.2, 0.25) is 0 Å². The summed E-state index contributed by atoms with van der Waals surface area (Å²) in [6, 6.07) is 15.6. The number of imidazole rings is 1. The van der Waals surface area contributed by atoms with E-state index in [4.69, 9.17) is 23.9 Å². The molecule has 2 saturated heterocycles. The van der Waals surface area contributed by atoms with E-state index in [9.17, 15) is 13.6 Å². The van der Waals surface area contributed by atoms with Gasteiger partial charge in [-0.2, -0.15) is 0 Å². The molecule has 0 aliphatic carbocycles. The molecule has 3 heterocycles. The van der Waals surface area contributed by atoms with Crippen molar-refractivity contribution in [1.29, 1.82) is 0 Å². The Morgan fingerprint density at radius 1 is 0.902 bits per heavy atom. The number of piperidine rings is 1. The zero-order chi connectivity index (χ0) is 36.0. The third-order valence-corrected chi connectivity index (χ3v) is 10.2. The first-order valence-corrected chi connectivity index (χ1v) is 17.6. The number of carbonyl (C=O) groups excluding carboxylic acids is 1. The number of hydrazine groups is 1. The number of amides is 1. The number of likely N-dealkylation sites (tertiary alicyclic amines) is 1. The third kappa shape index (κ3) is 7.90. The number of fused-ring (bicyclic) bond motifs is 1. The van der Waals surface area contributed by atoms with Crippen molar-refractivity contribution in [2.75, 3.05) is 85.8 Å². The minimum absolute atomic E-state index is 0.187. The van der Waals surface area contributed by atoms with Gasteiger partial charge in [0.15, 0.2) is 23.1 Å². The monoisotopic (exact) mass is 706 g/mol. The third-order valence-electron chi connectivity index (χ3n) is 10.2. The summed E-state index contributed by atoms with van der Waals surface area (Å²) in [5.74, 6) is 0.0217. The maximum Gasteiger partial charge on any atom is 0.254 e. The van der Waals surface area contributed by atoms with E-state index in [2.05, 4.69) is 26.0 Å². The minimum Gasteiger partial charge on any atom is -0.493 e. The number of hydrogen-bond acceptors (Lipinski definition) is 9. The molecule has 0 spiro atoms. The van der Waals surface area contributed by atoms with Crippen molar-refractivity contribution in [3.05, 3.63) is 77.4 Å². The van der Waals surface area contributed by atoms with Gasteiger partial charge in [-0.1, -0.05) is 18.2 Å². The Labute approximate surface area is 298 Å². The van der Waals surface area contributed by atoms with Gasteiger partial charge in [-0.25, -0.2) is 18.8 Å². The van der Waals surface area contributed by atoms with Crippen molar-refractivity contribution in [3.63, 3.8) is 0 Å². The quantitative estimate of drug-likeness (QED) is 0.169. The number of aromatic nitrogens is 2. The van der Waals surface area contributed by atoms with Crippen molar-refractivity contribution < 1.29 is 32.5 Å². The average Bonchev–Trinajstić information content (AvgIpc) is 3.51. The molecule has 2 aliphatic heterocycles. The van der Waals surface area contributed by atoms with Gasteiger partial charge in [-0.3, -0.25) is 10.2 Å². The van der Waals surface area contributed by atoms with E-state index in [1.807, 2.05) is 30.0 Å². The van der Waals surface area contributed by atoms with E-state index in [1.165, 1.54) is 33.5 Å². The van der Waals surface area contributed by atoms with Crippen molar-refractivity contribution >= 4 is 22.9 Å². The van der Waals surface area contributed by atoms with Gasteiger partial charge >= 0.3 is 0 Å².